The molecule has 12 rings (SSSR count). The van der Waals surface area contributed by atoms with Crippen LogP contribution in [0.2, 0.25) is 0 Å². The third kappa shape index (κ3) is 2.34. The smallest absolute Gasteiger partial charge is 0.266 e. The molecule has 0 saturated carbocycles. The number of rotatable bonds is 1. The molecule has 46 heavy (non-hydrogen) atoms. The minimum Gasteiger partial charge on any atom is -0.268 e. The highest BCUT2D eigenvalue weighted by molar-refractivity contribution is 6.51. The maximum atomic E-state index is 14.3. The number of carbonyl (C=O) groups excluding carboxylic acids is 2. The molecule has 0 radical (unpaired) electrons. The number of amides is 2. The van der Waals surface area contributed by atoms with Crippen LogP contribution >= 0.6 is 0 Å². The zero-order chi connectivity index (χ0) is 30.2. The first kappa shape index (κ1) is 23.0. The number of hydrogen-bond donors (Lipinski definition) is 0. The van der Waals surface area contributed by atoms with Gasteiger partial charge in [0.25, 0.3) is 17.4 Å². The molecule has 6 nitrogen and oxygen atoms in total. The van der Waals surface area contributed by atoms with Gasteiger partial charge in [0.05, 0.1) is 16.7 Å². The molecule has 11 aromatic rings. The molecule has 2 aromatic heterocycles. The molecule has 0 spiro atoms. The summed E-state index contributed by atoms with van der Waals surface area (Å²) >= 11 is 0. The summed E-state index contributed by atoms with van der Waals surface area (Å²) in [7, 11) is 0. The number of para-hydroxylation sites is 3. The Balaban J connectivity index is 1.36. The zero-order valence-corrected chi connectivity index (χ0v) is 23.9. The third-order valence-electron chi connectivity index (χ3n) is 10.4. The highest BCUT2D eigenvalue weighted by Crippen LogP contribution is 2.52. The lowest BCUT2D eigenvalue weighted by Crippen LogP contribution is -2.40. The average Bonchev–Trinajstić information content (AvgIpc) is 3.49. The topological polar surface area (TPSA) is 71.7 Å². The first-order valence-corrected chi connectivity index (χ1v) is 15.3. The molecular weight excluding hydrogens is 570 g/mol. The molecule has 1 aliphatic heterocycles. The van der Waals surface area contributed by atoms with Gasteiger partial charge in [0.15, 0.2) is 0 Å². The maximum absolute atomic E-state index is 14.3. The predicted octanol–water partition coefficient (Wildman–Crippen LogP) is 8.47. The molecule has 2 amide bonds. The lowest BCUT2D eigenvalue weighted by Gasteiger charge is -2.30. The number of anilines is 1. The van der Waals surface area contributed by atoms with E-state index in [1.165, 1.54) is 4.90 Å². The van der Waals surface area contributed by atoms with Crippen molar-refractivity contribution in [3.8, 4) is 0 Å². The van der Waals surface area contributed by atoms with E-state index in [4.69, 9.17) is 4.98 Å². The second-order valence-corrected chi connectivity index (χ2v) is 12.6. The van der Waals surface area contributed by atoms with Gasteiger partial charge in [-0.05, 0) is 91.6 Å². The van der Waals surface area contributed by atoms with Crippen LogP contribution in [-0.2, 0) is 0 Å². The van der Waals surface area contributed by atoms with E-state index < -0.39 is 0 Å². The normalized spacial score (nSPS) is 14.2. The second kappa shape index (κ2) is 7.28. The zero-order valence-electron chi connectivity index (χ0n) is 23.9. The number of imide groups is 1. The molecule has 6 heteroatoms. The number of imidazole rings is 1. The first-order valence-electron chi connectivity index (χ1n) is 15.3. The van der Waals surface area contributed by atoms with Crippen LogP contribution in [0.3, 0.4) is 0 Å². The number of benzene rings is 9. The van der Waals surface area contributed by atoms with Gasteiger partial charge >= 0.3 is 0 Å². The SMILES string of the molecule is O=C1c2cc3ccc4cc5c(=O)n6c7ccccc7nc6c6cc7ccc8cc(c2c2c3c4c(c56)c7c82)C(=O)N1c1ccccc1. The van der Waals surface area contributed by atoms with Crippen molar-refractivity contribution < 1.29 is 9.59 Å². The van der Waals surface area contributed by atoms with Crippen molar-refractivity contribution in [1.29, 1.82) is 0 Å². The van der Waals surface area contributed by atoms with E-state index in [0.717, 1.165) is 75.7 Å². The fourth-order valence-corrected chi connectivity index (χ4v) is 8.68. The molecule has 3 heterocycles. The van der Waals surface area contributed by atoms with Gasteiger partial charge < -0.3 is 0 Å². The highest BCUT2D eigenvalue weighted by atomic mass is 16.2. The third-order valence-corrected chi connectivity index (χ3v) is 10.4. The molecule has 0 N–H and O–H groups in total. The molecule has 0 atom stereocenters. The van der Waals surface area contributed by atoms with Gasteiger partial charge in [-0.1, -0.05) is 54.6 Å². The summed E-state index contributed by atoms with van der Waals surface area (Å²) in [6, 6.07) is 33.3. The summed E-state index contributed by atoms with van der Waals surface area (Å²) < 4.78 is 1.75. The van der Waals surface area contributed by atoms with E-state index in [0.29, 0.717) is 33.2 Å². The van der Waals surface area contributed by atoms with E-state index in [2.05, 4.69) is 24.3 Å². The van der Waals surface area contributed by atoms with Crippen molar-refractivity contribution in [2.45, 2.75) is 0 Å². The van der Waals surface area contributed by atoms with Gasteiger partial charge in [-0.15, -0.1) is 0 Å². The van der Waals surface area contributed by atoms with Gasteiger partial charge in [-0.25, -0.2) is 9.88 Å². The number of aromatic nitrogens is 2. The number of nitrogens with zero attached hydrogens (tertiary/aromatic N) is 3. The van der Waals surface area contributed by atoms with Gasteiger partial charge in [0.1, 0.15) is 5.65 Å². The van der Waals surface area contributed by atoms with Crippen LogP contribution in [0.25, 0.3) is 92.1 Å². The standard InChI is InChI=1S/C40H17N3O3/c44-38-25-16-20-11-10-18-14-23-33-24(40(46)43-28-9-5-4-8-27(28)41-37(23)43)15-19-12-13-21-17-26(39(45)42(38)22-6-2-1-3-7-22)34(25)36-31(20)29(18)35(33)30(19)32(21)36/h1-17H. The fraction of sp³-hybridized carbons (Fsp3) is 0. The number of carbonyl (C=O) groups is 2. The van der Waals surface area contributed by atoms with Crippen molar-refractivity contribution in [1.82, 2.24) is 9.38 Å². The molecule has 0 aliphatic carbocycles. The first-order chi connectivity index (χ1) is 22.6. The molecule has 0 unspecified atom stereocenters. The molecule has 0 bridgehead atoms. The largest absolute Gasteiger partial charge is 0.268 e. The maximum Gasteiger partial charge on any atom is 0.266 e. The van der Waals surface area contributed by atoms with E-state index >= 15 is 0 Å². The summed E-state index contributed by atoms with van der Waals surface area (Å²) in [5.41, 5.74) is 3.75. The Hall–Kier alpha value is -6.40. The van der Waals surface area contributed by atoms with Crippen molar-refractivity contribution in [3.63, 3.8) is 0 Å². The van der Waals surface area contributed by atoms with Crippen LogP contribution in [-0.4, -0.2) is 21.2 Å². The van der Waals surface area contributed by atoms with Crippen molar-refractivity contribution in [2.24, 2.45) is 0 Å². The Morgan fingerprint density at radius 2 is 1.02 bits per heavy atom. The Bertz CT molecular complexity index is 3180. The van der Waals surface area contributed by atoms with Gasteiger partial charge in [0, 0.05) is 43.4 Å². The quantitative estimate of drug-likeness (QED) is 0.110. The minimum absolute atomic E-state index is 0.0852. The summed E-state index contributed by atoms with van der Waals surface area (Å²) in [5.74, 6) is -0.643. The van der Waals surface area contributed by atoms with Crippen LogP contribution < -0.4 is 10.5 Å². The van der Waals surface area contributed by atoms with Crippen LogP contribution in [0.4, 0.5) is 5.69 Å². The summed E-state index contributed by atoms with van der Waals surface area (Å²) in [4.78, 5) is 49.0. The van der Waals surface area contributed by atoms with E-state index in [1.54, 1.807) is 16.5 Å². The Labute approximate surface area is 257 Å². The van der Waals surface area contributed by atoms with Crippen LogP contribution in [0.1, 0.15) is 20.7 Å². The van der Waals surface area contributed by atoms with Crippen LogP contribution in [0, 0.1) is 0 Å². The summed E-state index contributed by atoms with van der Waals surface area (Å²) in [6.45, 7) is 0. The summed E-state index contributed by atoms with van der Waals surface area (Å²) in [6.07, 6.45) is 0. The van der Waals surface area contributed by atoms with E-state index in [9.17, 15) is 14.4 Å². The monoisotopic (exact) mass is 587 g/mol. The molecule has 1 aliphatic rings. The van der Waals surface area contributed by atoms with Crippen LogP contribution in [0.15, 0.2) is 108 Å². The van der Waals surface area contributed by atoms with Crippen molar-refractivity contribution in [3.05, 3.63) is 125 Å². The molecule has 0 saturated heterocycles. The van der Waals surface area contributed by atoms with E-state index in [-0.39, 0.29) is 17.4 Å². The molecule has 9 aromatic carbocycles. The molecular formula is C40H17N3O3. The average molecular weight is 588 g/mol. The fourth-order valence-electron chi connectivity index (χ4n) is 8.68. The van der Waals surface area contributed by atoms with Crippen molar-refractivity contribution in [2.75, 3.05) is 4.90 Å². The number of pyridine rings is 1. The van der Waals surface area contributed by atoms with Gasteiger partial charge in [-0.2, -0.15) is 0 Å². The van der Waals surface area contributed by atoms with Crippen molar-refractivity contribution >= 4 is 110 Å². The molecule has 0 fully saturated rings. The summed E-state index contributed by atoms with van der Waals surface area (Å²) in [5, 5.41) is 13.2. The Morgan fingerprint density at radius 1 is 0.478 bits per heavy atom. The number of hydrogen-bond acceptors (Lipinski definition) is 4. The second-order valence-electron chi connectivity index (χ2n) is 12.6. The van der Waals surface area contributed by atoms with Gasteiger partial charge in [0.2, 0.25) is 0 Å². The minimum atomic E-state index is -0.322. The lowest BCUT2D eigenvalue weighted by atomic mass is 9.78. The van der Waals surface area contributed by atoms with Crippen LogP contribution in [0.5, 0.6) is 0 Å². The Morgan fingerprint density at radius 3 is 1.67 bits per heavy atom. The Kier molecular flexibility index (Phi) is 3.65. The molecule has 210 valence electrons. The lowest BCUT2D eigenvalue weighted by molar-refractivity contribution is 0.0893. The highest BCUT2D eigenvalue weighted by Gasteiger charge is 2.37. The number of fused-ring (bicyclic) bond motifs is 4. The predicted molar refractivity (Wildman–Crippen MR) is 184 cm³/mol. The van der Waals surface area contributed by atoms with E-state index in [1.807, 2.05) is 66.7 Å². The van der Waals surface area contributed by atoms with Gasteiger partial charge in [-0.3, -0.25) is 18.8 Å².